The molecule has 1 aromatic carbocycles. The maximum absolute atomic E-state index is 13.3. The van der Waals surface area contributed by atoms with E-state index in [1.54, 1.807) is 38.1 Å². The van der Waals surface area contributed by atoms with Crippen LogP contribution in [0.4, 0.5) is 0 Å². The molecule has 4 rings (SSSR count). The molecule has 0 aliphatic carbocycles. The van der Waals surface area contributed by atoms with Gasteiger partial charge in [0.15, 0.2) is 30.9 Å². The van der Waals surface area contributed by atoms with E-state index in [-0.39, 0.29) is 30.3 Å². The Kier molecular flexibility index (Phi) is 18.3. The van der Waals surface area contributed by atoms with E-state index in [0.29, 0.717) is 31.2 Å². The van der Waals surface area contributed by atoms with Crippen LogP contribution < -0.4 is 0 Å². The lowest BCUT2D eigenvalue weighted by Gasteiger charge is -2.47. The van der Waals surface area contributed by atoms with Crippen LogP contribution in [0.2, 0.25) is 0 Å². The Bertz CT molecular complexity index is 1540. The molecule has 3 aliphatic rings. The number of carbonyl (C=O) groups excluding carboxylic acids is 5. The third kappa shape index (κ3) is 13.8. The van der Waals surface area contributed by atoms with Crippen LogP contribution in [-0.2, 0) is 61.9 Å². The number of hydrogen-bond donors (Lipinski definition) is 2. The highest BCUT2D eigenvalue weighted by Crippen LogP contribution is 2.34. The van der Waals surface area contributed by atoms with Gasteiger partial charge in [-0.15, -0.1) is 0 Å². The minimum absolute atomic E-state index is 0.0321. The zero-order chi connectivity index (χ0) is 41.5. The van der Waals surface area contributed by atoms with Gasteiger partial charge >= 0.3 is 23.9 Å². The number of cyclic esters (lactones) is 1. The maximum atomic E-state index is 13.3. The second-order valence-electron chi connectivity index (χ2n) is 14.6. The van der Waals surface area contributed by atoms with E-state index < -0.39 is 91.9 Å². The number of esters is 4. The van der Waals surface area contributed by atoms with E-state index in [9.17, 15) is 34.2 Å². The van der Waals surface area contributed by atoms with Crippen LogP contribution in [0, 0.1) is 0 Å². The average Bonchev–Trinajstić information content (AvgIpc) is 3.18. The molecule has 1 aromatic rings. The Hall–Kier alpha value is -3.99. The van der Waals surface area contributed by atoms with Gasteiger partial charge in [-0.2, -0.15) is 0 Å². The van der Waals surface area contributed by atoms with Crippen LogP contribution in [0.25, 0.3) is 6.08 Å². The molecule has 2 bridgehead atoms. The summed E-state index contributed by atoms with van der Waals surface area (Å²) in [5, 5.41) is 23.6. The van der Waals surface area contributed by atoms with Gasteiger partial charge in [-0.05, 0) is 51.7 Å². The highest BCUT2D eigenvalue weighted by atomic mass is 16.8. The molecular weight excluding hydrogens is 744 g/mol. The van der Waals surface area contributed by atoms with Gasteiger partial charge in [-0.25, -0.2) is 9.59 Å². The van der Waals surface area contributed by atoms with Crippen molar-refractivity contribution in [3.8, 4) is 0 Å². The third-order valence-electron chi connectivity index (χ3n) is 10.1. The summed E-state index contributed by atoms with van der Waals surface area (Å²) < 4.78 is 47.7. The highest BCUT2D eigenvalue weighted by molar-refractivity contribution is 5.88. The minimum atomic E-state index is -1.87. The fourth-order valence-electron chi connectivity index (χ4n) is 6.87. The van der Waals surface area contributed by atoms with Crippen LogP contribution in [0.3, 0.4) is 0 Å². The van der Waals surface area contributed by atoms with Gasteiger partial charge in [-0.1, -0.05) is 69.0 Å². The summed E-state index contributed by atoms with van der Waals surface area (Å²) in [5.41, 5.74) is 0.860. The monoisotopic (exact) mass is 802 g/mol. The number of Topliss-reactive ketones (excluding diaryl/α,β-unsaturated/α-hetero) is 1. The Morgan fingerprint density at radius 1 is 0.825 bits per heavy atom. The van der Waals surface area contributed by atoms with Crippen molar-refractivity contribution in [2.45, 2.75) is 166 Å². The standard InChI is InChI=1S/C42H58O15/c1-6-15-30-19-14-9-8-13-18-29(44)21-23-32(45)50-24-31-37(55-33(46)22-20-28-16-11-10-12-17-28)38(56-40(49)25(3)7-2)35(48)41(54-31)57-39-34(47)36(52-27(5)43)26(4)51-42(39)53-30/h7,10-12,16-17,20,22,26,30-31,34-39,41-42,47-48H,6,8-9,13-15,18-19,21,23-24H2,1-5H3/b22-20+,25-7+/t26-,30?,31-,34+,35?,36+,37-,38-,39+,41+,42+/m1/s1. The lowest BCUT2D eigenvalue weighted by molar-refractivity contribution is -0.369. The molecule has 0 saturated carbocycles. The second kappa shape index (κ2) is 22.8. The van der Waals surface area contributed by atoms with Crippen molar-refractivity contribution in [3.05, 3.63) is 53.6 Å². The van der Waals surface area contributed by atoms with Crippen molar-refractivity contribution in [3.63, 3.8) is 0 Å². The van der Waals surface area contributed by atoms with Crippen LogP contribution in [0.5, 0.6) is 0 Å². The first kappa shape index (κ1) is 45.7. The van der Waals surface area contributed by atoms with E-state index >= 15 is 0 Å². The number of allylic oxidation sites excluding steroid dienone is 1. The summed E-state index contributed by atoms with van der Waals surface area (Å²) in [6.45, 7) is 7.34. The number of benzene rings is 1. The van der Waals surface area contributed by atoms with Gasteiger partial charge in [-0.3, -0.25) is 14.4 Å². The molecule has 0 radical (unpaired) electrons. The number of aliphatic hydroxyl groups is 2. The van der Waals surface area contributed by atoms with Gasteiger partial charge in [0.05, 0.1) is 18.6 Å². The van der Waals surface area contributed by atoms with Crippen molar-refractivity contribution in [2.75, 3.05) is 6.61 Å². The van der Waals surface area contributed by atoms with Gasteiger partial charge in [0.1, 0.15) is 36.8 Å². The molecule has 316 valence electrons. The van der Waals surface area contributed by atoms with Crippen molar-refractivity contribution in [1.82, 2.24) is 0 Å². The molecule has 2 unspecified atom stereocenters. The Morgan fingerprint density at radius 2 is 1.56 bits per heavy atom. The average molecular weight is 803 g/mol. The molecule has 3 heterocycles. The van der Waals surface area contributed by atoms with E-state index in [4.69, 9.17) is 37.9 Å². The first-order chi connectivity index (χ1) is 27.3. The zero-order valence-electron chi connectivity index (χ0n) is 33.4. The lowest BCUT2D eigenvalue weighted by Crippen LogP contribution is -2.65. The second-order valence-corrected chi connectivity index (χ2v) is 14.6. The topological polar surface area (TPSA) is 200 Å². The van der Waals surface area contributed by atoms with Crippen molar-refractivity contribution in [1.29, 1.82) is 0 Å². The molecule has 3 saturated heterocycles. The number of hydrogen-bond acceptors (Lipinski definition) is 15. The molecule has 15 heteroatoms. The van der Waals surface area contributed by atoms with Gasteiger partial charge < -0.3 is 48.1 Å². The van der Waals surface area contributed by atoms with Crippen LogP contribution in [0.1, 0.15) is 104 Å². The van der Waals surface area contributed by atoms with Crippen molar-refractivity contribution in [2.24, 2.45) is 0 Å². The molecule has 15 nitrogen and oxygen atoms in total. The van der Waals surface area contributed by atoms with Crippen LogP contribution in [0.15, 0.2) is 48.1 Å². The summed E-state index contributed by atoms with van der Waals surface area (Å²) in [6.07, 6.45) is -5.55. The zero-order valence-corrected chi connectivity index (χ0v) is 33.4. The molecular formula is C42H58O15. The molecule has 11 atom stereocenters. The molecule has 2 N–H and O–H groups in total. The molecule has 3 fully saturated rings. The smallest absolute Gasteiger partial charge is 0.333 e. The summed E-state index contributed by atoms with van der Waals surface area (Å²) in [5.74, 6) is -3.24. The first-order valence-electron chi connectivity index (χ1n) is 19.9. The maximum Gasteiger partial charge on any atom is 0.333 e. The number of aliphatic hydroxyl groups excluding tert-OH is 2. The number of fused-ring (bicyclic) bond motifs is 3. The number of ether oxygens (including phenoxy) is 8. The van der Waals surface area contributed by atoms with Crippen molar-refractivity contribution >= 4 is 35.7 Å². The molecule has 0 aromatic heterocycles. The fourth-order valence-corrected chi connectivity index (χ4v) is 6.87. The summed E-state index contributed by atoms with van der Waals surface area (Å²) >= 11 is 0. The third-order valence-corrected chi connectivity index (χ3v) is 10.1. The Morgan fingerprint density at radius 3 is 2.26 bits per heavy atom. The lowest BCUT2D eigenvalue weighted by atomic mass is 9.96. The van der Waals surface area contributed by atoms with Crippen LogP contribution >= 0.6 is 0 Å². The number of rotatable bonds is 8. The number of carbonyl (C=O) groups is 5. The number of ketones is 1. The predicted molar refractivity (Wildman–Crippen MR) is 203 cm³/mol. The van der Waals surface area contributed by atoms with Gasteiger partial charge in [0.2, 0.25) is 0 Å². The predicted octanol–water partition coefficient (Wildman–Crippen LogP) is 4.43. The SMILES string of the molecule is C/C=C(\C)C(=O)O[C@@H]1C(O)[C@@H]2O[C@@H]3[C@H](OC(CCC)CCCCCCC(=O)CCC(=O)OC[C@@H](O2)[C@H]1OC(=O)/C=C/c1ccccc1)O[C@H](C)[C@H](OC(C)=O)[C@@H]3O. The molecule has 3 aliphatic heterocycles. The first-order valence-corrected chi connectivity index (χ1v) is 19.9. The van der Waals surface area contributed by atoms with Gasteiger partial charge in [0.25, 0.3) is 0 Å². The Labute approximate surface area is 333 Å². The summed E-state index contributed by atoms with van der Waals surface area (Å²) in [4.78, 5) is 64.2. The molecule has 57 heavy (non-hydrogen) atoms. The van der Waals surface area contributed by atoms with E-state index in [1.807, 2.05) is 13.0 Å². The molecule has 0 amide bonds. The normalized spacial score (nSPS) is 32.7. The van der Waals surface area contributed by atoms with E-state index in [1.165, 1.54) is 26.0 Å². The van der Waals surface area contributed by atoms with Crippen molar-refractivity contribution < 1.29 is 72.1 Å². The van der Waals surface area contributed by atoms with Gasteiger partial charge in [0, 0.05) is 31.4 Å². The van der Waals surface area contributed by atoms with Crippen LogP contribution in [-0.4, -0.2) is 114 Å². The summed E-state index contributed by atoms with van der Waals surface area (Å²) in [7, 11) is 0. The Balaban J connectivity index is 1.74. The highest BCUT2D eigenvalue weighted by Gasteiger charge is 2.55. The quantitative estimate of drug-likeness (QED) is 0.212. The molecule has 0 spiro atoms. The minimum Gasteiger partial charge on any atom is -0.463 e. The van der Waals surface area contributed by atoms with E-state index in [0.717, 1.165) is 31.8 Å². The summed E-state index contributed by atoms with van der Waals surface area (Å²) in [6, 6.07) is 8.91. The fraction of sp³-hybridized carbons (Fsp3) is 0.643. The van der Waals surface area contributed by atoms with E-state index in [2.05, 4.69) is 0 Å². The largest absolute Gasteiger partial charge is 0.463 e.